The van der Waals surface area contributed by atoms with Crippen molar-refractivity contribution in [2.24, 2.45) is 0 Å². The number of nitro benzene ring substituents is 1. The minimum Gasteiger partial charge on any atom is -0.381 e. The highest BCUT2D eigenvalue weighted by molar-refractivity contribution is 5.80. The molecule has 1 heterocycles. The molecule has 1 fully saturated rings. The molecule has 1 aromatic heterocycles. The van der Waals surface area contributed by atoms with Crippen molar-refractivity contribution in [3.05, 3.63) is 39.3 Å². The lowest BCUT2D eigenvalue weighted by Gasteiger charge is -2.29. The van der Waals surface area contributed by atoms with E-state index in [-0.39, 0.29) is 16.7 Å². The van der Waals surface area contributed by atoms with Crippen LogP contribution >= 0.6 is 0 Å². The average Bonchev–Trinajstić information content (AvgIpc) is 2.94. The molecule has 0 spiro atoms. The van der Waals surface area contributed by atoms with E-state index in [0.717, 1.165) is 42.5 Å². The van der Waals surface area contributed by atoms with Crippen LogP contribution in [-0.4, -0.2) is 29.3 Å². The smallest absolute Gasteiger partial charge is 0.295 e. The van der Waals surface area contributed by atoms with Crippen LogP contribution in [0.4, 0.5) is 11.4 Å². The molecule has 1 aliphatic carbocycles. The van der Waals surface area contributed by atoms with E-state index < -0.39 is 0 Å². The van der Waals surface area contributed by atoms with Crippen molar-refractivity contribution in [1.29, 1.82) is 0 Å². The second-order valence-electron chi connectivity index (χ2n) is 6.94. The Labute approximate surface area is 152 Å². The summed E-state index contributed by atoms with van der Waals surface area (Å²) in [5.74, 6) is 0.665. The normalized spacial score (nSPS) is 20.2. The quantitative estimate of drug-likeness (QED) is 0.622. The standard InChI is InChI=1S/C19H25N3O4/c1-11-16(18-12(2)21-26-13(18)3)9-10-17(19(11)22(23)24)20-14-5-7-15(25-4)8-6-14/h9-10,14-15,20H,5-8H2,1-4H3. The number of aryl methyl sites for hydroxylation is 2. The molecule has 1 aromatic carbocycles. The van der Waals surface area contributed by atoms with E-state index >= 15 is 0 Å². The number of rotatable bonds is 5. The molecule has 0 bridgehead atoms. The Morgan fingerprint density at radius 2 is 1.92 bits per heavy atom. The second-order valence-corrected chi connectivity index (χ2v) is 6.94. The first-order valence-corrected chi connectivity index (χ1v) is 8.93. The summed E-state index contributed by atoms with van der Waals surface area (Å²) in [6.45, 7) is 5.45. The summed E-state index contributed by atoms with van der Waals surface area (Å²) >= 11 is 0. The third-order valence-corrected chi connectivity index (χ3v) is 5.28. The molecule has 3 rings (SSSR count). The molecule has 7 nitrogen and oxygen atoms in total. The lowest BCUT2D eigenvalue weighted by molar-refractivity contribution is -0.384. The van der Waals surface area contributed by atoms with Crippen LogP contribution in [0.15, 0.2) is 16.7 Å². The highest BCUT2D eigenvalue weighted by atomic mass is 16.6. The molecule has 0 atom stereocenters. The molecule has 0 aliphatic heterocycles. The van der Waals surface area contributed by atoms with Gasteiger partial charge in [0.2, 0.25) is 0 Å². The predicted octanol–water partition coefficient (Wildman–Crippen LogP) is 4.54. The number of nitrogens with zero attached hydrogens (tertiary/aromatic N) is 2. The number of methoxy groups -OCH3 is 1. The fourth-order valence-electron chi connectivity index (χ4n) is 3.85. The molecule has 0 saturated heterocycles. The van der Waals surface area contributed by atoms with E-state index in [9.17, 15) is 10.1 Å². The summed E-state index contributed by atoms with van der Waals surface area (Å²) in [5, 5.41) is 19.1. The van der Waals surface area contributed by atoms with Gasteiger partial charge in [0.05, 0.1) is 16.7 Å². The van der Waals surface area contributed by atoms with Gasteiger partial charge in [-0.25, -0.2) is 0 Å². The van der Waals surface area contributed by atoms with E-state index in [1.54, 1.807) is 20.1 Å². The number of aromatic nitrogens is 1. The fraction of sp³-hybridized carbons (Fsp3) is 0.526. The Hall–Kier alpha value is -2.41. The summed E-state index contributed by atoms with van der Waals surface area (Å²) < 4.78 is 10.6. The van der Waals surface area contributed by atoms with Crippen molar-refractivity contribution in [3.63, 3.8) is 0 Å². The van der Waals surface area contributed by atoms with Gasteiger partial charge < -0.3 is 14.6 Å². The van der Waals surface area contributed by atoms with Gasteiger partial charge in [-0.15, -0.1) is 0 Å². The van der Waals surface area contributed by atoms with Gasteiger partial charge in [-0.3, -0.25) is 10.1 Å². The van der Waals surface area contributed by atoms with Crippen molar-refractivity contribution in [1.82, 2.24) is 5.16 Å². The maximum absolute atomic E-state index is 11.8. The van der Waals surface area contributed by atoms with Gasteiger partial charge in [0.15, 0.2) is 0 Å². The van der Waals surface area contributed by atoms with Gasteiger partial charge in [-0.1, -0.05) is 11.2 Å². The predicted molar refractivity (Wildman–Crippen MR) is 99.5 cm³/mol. The summed E-state index contributed by atoms with van der Waals surface area (Å²) in [6.07, 6.45) is 4.13. The Bertz CT molecular complexity index is 788. The van der Waals surface area contributed by atoms with Crippen LogP contribution in [0.5, 0.6) is 0 Å². The number of anilines is 1. The first kappa shape index (κ1) is 18.4. The molecule has 7 heteroatoms. The van der Waals surface area contributed by atoms with Gasteiger partial charge in [-0.05, 0) is 58.1 Å². The van der Waals surface area contributed by atoms with E-state index in [1.165, 1.54) is 0 Å². The maximum Gasteiger partial charge on any atom is 0.295 e. The van der Waals surface area contributed by atoms with Gasteiger partial charge in [0.1, 0.15) is 11.4 Å². The van der Waals surface area contributed by atoms with Gasteiger partial charge >= 0.3 is 0 Å². The van der Waals surface area contributed by atoms with Crippen LogP contribution < -0.4 is 5.32 Å². The topological polar surface area (TPSA) is 90.4 Å². The van der Waals surface area contributed by atoms with Crippen LogP contribution in [0, 0.1) is 30.9 Å². The summed E-state index contributed by atoms with van der Waals surface area (Å²) in [7, 11) is 1.74. The Morgan fingerprint density at radius 3 is 2.46 bits per heavy atom. The highest BCUT2D eigenvalue weighted by Crippen LogP contribution is 2.39. The van der Waals surface area contributed by atoms with Gasteiger partial charge in [-0.2, -0.15) is 0 Å². The third-order valence-electron chi connectivity index (χ3n) is 5.28. The molecular weight excluding hydrogens is 334 g/mol. The van der Waals surface area contributed by atoms with E-state index in [2.05, 4.69) is 10.5 Å². The van der Waals surface area contributed by atoms with Crippen molar-refractivity contribution >= 4 is 11.4 Å². The van der Waals surface area contributed by atoms with Crippen molar-refractivity contribution in [3.8, 4) is 11.1 Å². The van der Waals surface area contributed by atoms with Gasteiger partial charge in [0, 0.05) is 24.3 Å². The van der Waals surface area contributed by atoms with Crippen LogP contribution in [0.1, 0.15) is 42.7 Å². The van der Waals surface area contributed by atoms with E-state index in [4.69, 9.17) is 9.26 Å². The summed E-state index contributed by atoms with van der Waals surface area (Å²) in [6, 6.07) is 3.94. The highest BCUT2D eigenvalue weighted by Gasteiger charge is 2.27. The molecule has 1 aliphatic rings. The zero-order chi connectivity index (χ0) is 18.8. The molecule has 0 unspecified atom stereocenters. The summed E-state index contributed by atoms with van der Waals surface area (Å²) in [5.41, 5.74) is 3.68. The number of nitrogens with one attached hydrogen (secondary N) is 1. The van der Waals surface area contributed by atoms with E-state index in [1.807, 2.05) is 19.9 Å². The SMILES string of the molecule is COC1CCC(Nc2ccc(-c3c(C)noc3C)c(C)c2[N+](=O)[O-])CC1. The molecule has 140 valence electrons. The first-order valence-electron chi connectivity index (χ1n) is 8.93. The lowest BCUT2D eigenvalue weighted by Crippen LogP contribution is -2.29. The molecule has 0 radical (unpaired) electrons. The zero-order valence-corrected chi connectivity index (χ0v) is 15.7. The van der Waals surface area contributed by atoms with Crippen molar-refractivity contribution in [2.75, 3.05) is 12.4 Å². The molecule has 26 heavy (non-hydrogen) atoms. The van der Waals surface area contributed by atoms with Gasteiger partial charge in [0.25, 0.3) is 5.69 Å². The molecule has 1 N–H and O–H groups in total. The zero-order valence-electron chi connectivity index (χ0n) is 15.7. The lowest BCUT2D eigenvalue weighted by atomic mass is 9.92. The van der Waals surface area contributed by atoms with Crippen LogP contribution in [0.25, 0.3) is 11.1 Å². The summed E-state index contributed by atoms with van der Waals surface area (Å²) in [4.78, 5) is 11.5. The average molecular weight is 359 g/mol. The monoisotopic (exact) mass is 359 g/mol. The number of nitro groups is 1. The molecular formula is C19H25N3O4. The second kappa shape index (κ2) is 7.45. The van der Waals surface area contributed by atoms with Crippen molar-refractivity contribution in [2.45, 2.75) is 58.6 Å². The Balaban J connectivity index is 1.93. The molecule has 1 saturated carbocycles. The minimum absolute atomic E-state index is 0.122. The number of hydrogen-bond donors (Lipinski definition) is 1. The number of hydrogen-bond acceptors (Lipinski definition) is 6. The van der Waals surface area contributed by atoms with Crippen molar-refractivity contribution < 1.29 is 14.2 Å². The fourth-order valence-corrected chi connectivity index (χ4v) is 3.85. The third kappa shape index (κ3) is 3.44. The van der Waals surface area contributed by atoms with E-state index in [0.29, 0.717) is 23.1 Å². The minimum atomic E-state index is -0.305. The van der Waals surface area contributed by atoms with Crippen LogP contribution in [-0.2, 0) is 4.74 Å². The number of ether oxygens (including phenoxy) is 1. The molecule has 2 aromatic rings. The maximum atomic E-state index is 11.8. The number of benzene rings is 1. The Morgan fingerprint density at radius 1 is 1.23 bits per heavy atom. The van der Waals surface area contributed by atoms with Crippen LogP contribution in [0.3, 0.4) is 0 Å². The van der Waals surface area contributed by atoms with Crippen LogP contribution in [0.2, 0.25) is 0 Å². The molecule has 0 amide bonds. The first-order chi connectivity index (χ1) is 12.4. The largest absolute Gasteiger partial charge is 0.381 e. The Kier molecular flexibility index (Phi) is 5.27.